The van der Waals surface area contributed by atoms with Gasteiger partial charge in [0.1, 0.15) is 0 Å². The van der Waals surface area contributed by atoms with Crippen molar-refractivity contribution < 1.29 is 19.2 Å². The van der Waals surface area contributed by atoms with Gasteiger partial charge in [0, 0.05) is 32.1 Å². The van der Waals surface area contributed by atoms with Crippen LogP contribution in [0.4, 0.5) is 0 Å². The summed E-state index contributed by atoms with van der Waals surface area (Å²) in [6, 6.07) is 0. The maximum absolute atomic E-state index is 12.1. The van der Waals surface area contributed by atoms with Gasteiger partial charge in [-0.2, -0.15) is 0 Å². The van der Waals surface area contributed by atoms with Crippen molar-refractivity contribution in [2.45, 2.75) is 32.1 Å². The molecule has 29 heavy (non-hydrogen) atoms. The molecular formula is C22H33N3O4. The Labute approximate surface area is 173 Å². The van der Waals surface area contributed by atoms with E-state index in [0.29, 0.717) is 58.3 Å². The Hall–Kier alpha value is -2.96. The molecule has 160 valence electrons. The largest absolute Gasteiger partial charge is 0.353 e. The van der Waals surface area contributed by atoms with Gasteiger partial charge in [0.25, 0.3) is 0 Å². The number of nitrogens with zero attached hydrogens (tertiary/aromatic N) is 1. The quantitative estimate of drug-likeness (QED) is 0.287. The number of carbonyl (C=O) groups excluding carboxylic acids is 4. The van der Waals surface area contributed by atoms with Gasteiger partial charge in [0.15, 0.2) is 5.78 Å². The molecule has 0 aromatic rings. The monoisotopic (exact) mass is 403 g/mol. The van der Waals surface area contributed by atoms with Crippen LogP contribution in [0.3, 0.4) is 0 Å². The molecule has 1 atom stereocenters. The van der Waals surface area contributed by atoms with Crippen molar-refractivity contribution in [2.24, 2.45) is 5.92 Å². The molecule has 7 heteroatoms. The van der Waals surface area contributed by atoms with Crippen LogP contribution in [0.15, 0.2) is 50.6 Å². The second-order valence-electron chi connectivity index (χ2n) is 6.46. The fourth-order valence-corrected chi connectivity index (χ4v) is 2.77. The minimum Gasteiger partial charge on any atom is -0.353 e. The van der Waals surface area contributed by atoms with Crippen molar-refractivity contribution in [3.63, 3.8) is 0 Å². The van der Waals surface area contributed by atoms with E-state index in [1.54, 1.807) is 4.90 Å². The second kappa shape index (κ2) is 16.0. The third kappa shape index (κ3) is 12.2. The van der Waals surface area contributed by atoms with Crippen LogP contribution >= 0.6 is 0 Å². The molecule has 1 unspecified atom stereocenters. The molecule has 0 bridgehead atoms. The van der Waals surface area contributed by atoms with Crippen molar-refractivity contribution in [3.05, 3.63) is 50.6 Å². The Kier molecular flexibility index (Phi) is 14.4. The zero-order valence-electron chi connectivity index (χ0n) is 17.2. The molecule has 7 nitrogen and oxygen atoms in total. The molecule has 0 radical (unpaired) electrons. The summed E-state index contributed by atoms with van der Waals surface area (Å²) < 4.78 is 0. The molecule has 0 fully saturated rings. The van der Waals surface area contributed by atoms with E-state index in [2.05, 4.69) is 36.9 Å². The molecule has 0 aromatic carbocycles. The summed E-state index contributed by atoms with van der Waals surface area (Å²) in [6.07, 6.45) is 8.17. The topological polar surface area (TPSA) is 95.6 Å². The molecule has 0 heterocycles. The van der Waals surface area contributed by atoms with Gasteiger partial charge in [-0.15, -0.1) is 0 Å². The minimum absolute atomic E-state index is 0.0335. The van der Waals surface area contributed by atoms with Crippen molar-refractivity contribution in [1.82, 2.24) is 15.5 Å². The molecule has 2 N–H and O–H groups in total. The van der Waals surface area contributed by atoms with Crippen LogP contribution < -0.4 is 10.6 Å². The highest BCUT2D eigenvalue weighted by Crippen LogP contribution is 2.16. The smallest absolute Gasteiger partial charge is 0.245 e. The van der Waals surface area contributed by atoms with E-state index in [0.717, 1.165) is 0 Å². The van der Waals surface area contributed by atoms with Gasteiger partial charge >= 0.3 is 0 Å². The number of hydrogen-bond acceptors (Lipinski definition) is 4. The van der Waals surface area contributed by atoms with Crippen molar-refractivity contribution in [3.8, 4) is 0 Å². The number of carbonyl (C=O) groups is 4. The predicted molar refractivity (Wildman–Crippen MR) is 115 cm³/mol. The fourth-order valence-electron chi connectivity index (χ4n) is 2.77. The lowest BCUT2D eigenvalue weighted by molar-refractivity contribution is -0.126. The highest BCUT2D eigenvalue weighted by Gasteiger charge is 2.17. The van der Waals surface area contributed by atoms with Crippen molar-refractivity contribution >= 4 is 23.5 Å². The molecule has 0 saturated carbocycles. The highest BCUT2D eigenvalue weighted by atomic mass is 16.2. The number of ketones is 1. The number of allylic oxidation sites excluding steroid dienone is 1. The third-order valence-corrected chi connectivity index (χ3v) is 4.37. The van der Waals surface area contributed by atoms with Gasteiger partial charge in [-0.05, 0) is 56.4 Å². The summed E-state index contributed by atoms with van der Waals surface area (Å²) in [5, 5.41) is 5.36. The standard InChI is InChI=1S/C22H33N3O4/c1-5-19(26)18(12-9-14-23-20(27)6-2)13-10-16-25(22(29)8-4)17-11-15-24-21(28)7-3/h5-8,18H,1-4,9-17H2,(H,23,27)(H,24,28). The van der Waals surface area contributed by atoms with Crippen LogP contribution in [0, 0.1) is 5.92 Å². The third-order valence-electron chi connectivity index (χ3n) is 4.37. The van der Waals surface area contributed by atoms with Gasteiger partial charge in [0.05, 0.1) is 0 Å². The number of nitrogens with one attached hydrogen (secondary N) is 2. The van der Waals surface area contributed by atoms with Crippen LogP contribution in [0.2, 0.25) is 0 Å². The fraction of sp³-hybridized carbons (Fsp3) is 0.455. The number of rotatable bonds is 17. The van der Waals surface area contributed by atoms with E-state index in [1.807, 2.05) is 0 Å². The summed E-state index contributed by atoms with van der Waals surface area (Å²) in [6.45, 7) is 15.7. The lowest BCUT2D eigenvalue weighted by Gasteiger charge is -2.22. The van der Waals surface area contributed by atoms with Crippen molar-refractivity contribution in [2.75, 3.05) is 26.2 Å². The summed E-state index contributed by atoms with van der Waals surface area (Å²) in [7, 11) is 0. The minimum atomic E-state index is -0.248. The number of hydrogen-bond donors (Lipinski definition) is 2. The van der Waals surface area contributed by atoms with Gasteiger partial charge < -0.3 is 15.5 Å². The Balaban J connectivity index is 4.48. The molecular weight excluding hydrogens is 370 g/mol. The first-order valence-corrected chi connectivity index (χ1v) is 9.77. The van der Waals surface area contributed by atoms with Crippen LogP contribution in [0.1, 0.15) is 32.1 Å². The van der Waals surface area contributed by atoms with E-state index in [4.69, 9.17) is 0 Å². The van der Waals surface area contributed by atoms with Crippen LogP contribution in [-0.2, 0) is 19.2 Å². The van der Waals surface area contributed by atoms with E-state index < -0.39 is 0 Å². The average molecular weight is 404 g/mol. The van der Waals surface area contributed by atoms with Crippen LogP contribution in [0.5, 0.6) is 0 Å². The highest BCUT2D eigenvalue weighted by molar-refractivity contribution is 5.91. The van der Waals surface area contributed by atoms with Gasteiger partial charge in [0.2, 0.25) is 17.7 Å². The molecule has 0 aliphatic heterocycles. The SMILES string of the molecule is C=CC(=O)NCCCC(CCCN(CCCNC(=O)C=C)C(=O)C=C)C(=O)C=C. The van der Waals surface area contributed by atoms with E-state index in [-0.39, 0.29) is 29.4 Å². The second-order valence-corrected chi connectivity index (χ2v) is 6.46. The normalized spacial score (nSPS) is 10.9. The number of amides is 3. The Morgan fingerprint density at radius 2 is 1.24 bits per heavy atom. The Morgan fingerprint density at radius 3 is 1.76 bits per heavy atom. The first-order valence-electron chi connectivity index (χ1n) is 9.77. The van der Waals surface area contributed by atoms with Gasteiger partial charge in [-0.25, -0.2) is 0 Å². The molecule has 0 rings (SSSR count). The van der Waals surface area contributed by atoms with Gasteiger partial charge in [-0.1, -0.05) is 26.3 Å². The van der Waals surface area contributed by atoms with E-state index >= 15 is 0 Å². The van der Waals surface area contributed by atoms with Crippen LogP contribution in [0.25, 0.3) is 0 Å². The average Bonchev–Trinajstić information content (AvgIpc) is 2.74. The molecule has 0 saturated heterocycles. The van der Waals surface area contributed by atoms with E-state index in [1.165, 1.54) is 24.3 Å². The summed E-state index contributed by atoms with van der Waals surface area (Å²) >= 11 is 0. The summed E-state index contributed by atoms with van der Waals surface area (Å²) in [5.74, 6) is -0.894. The van der Waals surface area contributed by atoms with Crippen LogP contribution in [-0.4, -0.2) is 54.6 Å². The molecule has 3 amide bonds. The Morgan fingerprint density at radius 1 is 0.724 bits per heavy atom. The maximum Gasteiger partial charge on any atom is 0.245 e. The molecule has 0 aliphatic rings. The first kappa shape index (κ1) is 26.0. The summed E-state index contributed by atoms with van der Waals surface area (Å²) in [5.41, 5.74) is 0. The lowest BCUT2D eigenvalue weighted by atomic mass is 9.93. The van der Waals surface area contributed by atoms with E-state index in [9.17, 15) is 19.2 Å². The predicted octanol–water partition coefficient (Wildman–Crippen LogP) is 1.93. The summed E-state index contributed by atoms with van der Waals surface area (Å²) in [4.78, 5) is 48.1. The molecule has 0 aliphatic carbocycles. The van der Waals surface area contributed by atoms with Gasteiger partial charge in [-0.3, -0.25) is 19.2 Å². The maximum atomic E-state index is 12.1. The zero-order valence-corrected chi connectivity index (χ0v) is 17.2. The molecule has 0 aromatic heterocycles. The molecule has 0 spiro atoms. The first-order chi connectivity index (χ1) is 13.9. The zero-order chi connectivity index (χ0) is 22.1. The van der Waals surface area contributed by atoms with Crippen molar-refractivity contribution in [1.29, 1.82) is 0 Å². The Bertz CT molecular complexity index is 561. The lowest BCUT2D eigenvalue weighted by Crippen LogP contribution is -2.34.